The van der Waals surface area contributed by atoms with Gasteiger partial charge in [0, 0.05) is 18.2 Å². The zero-order valence-electron chi connectivity index (χ0n) is 9.85. The number of nitro groups is 1. The predicted molar refractivity (Wildman–Crippen MR) is 67.1 cm³/mol. The summed E-state index contributed by atoms with van der Waals surface area (Å²) in [5.41, 5.74) is 6.40. The van der Waals surface area contributed by atoms with Gasteiger partial charge in [-0.05, 0) is 31.4 Å². The minimum absolute atomic E-state index is 0.0861. The SMILES string of the molecule is N#Cc1ccc(NCC2(N)CCC2)c([N+](=O)[O-])c1. The molecule has 0 saturated heterocycles. The monoisotopic (exact) mass is 246 g/mol. The molecule has 0 radical (unpaired) electrons. The van der Waals surface area contributed by atoms with Crippen molar-refractivity contribution < 1.29 is 4.92 Å². The molecule has 1 saturated carbocycles. The van der Waals surface area contributed by atoms with Crippen molar-refractivity contribution in [1.82, 2.24) is 0 Å². The molecule has 1 aromatic rings. The molecule has 1 aliphatic rings. The van der Waals surface area contributed by atoms with Crippen molar-refractivity contribution in [2.75, 3.05) is 11.9 Å². The van der Waals surface area contributed by atoms with Crippen molar-refractivity contribution in [2.24, 2.45) is 5.73 Å². The average Bonchev–Trinajstić information content (AvgIpc) is 2.33. The lowest BCUT2D eigenvalue weighted by Crippen LogP contribution is -2.52. The van der Waals surface area contributed by atoms with Crippen LogP contribution in [0.15, 0.2) is 18.2 Å². The van der Waals surface area contributed by atoms with Crippen molar-refractivity contribution in [2.45, 2.75) is 24.8 Å². The number of benzene rings is 1. The van der Waals surface area contributed by atoms with Crippen LogP contribution in [0.25, 0.3) is 0 Å². The highest BCUT2D eigenvalue weighted by Gasteiger charge is 2.32. The Morgan fingerprint density at radius 2 is 2.28 bits per heavy atom. The van der Waals surface area contributed by atoms with E-state index in [0.29, 0.717) is 12.2 Å². The first-order valence-corrected chi connectivity index (χ1v) is 5.75. The smallest absolute Gasteiger partial charge is 0.293 e. The number of nitriles is 1. The van der Waals surface area contributed by atoms with E-state index in [1.807, 2.05) is 6.07 Å². The van der Waals surface area contributed by atoms with E-state index < -0.39 is 4.92 Å². The molecular weight excluding hydrogens is 232 g/mol. The molecule has 94 valence electrons. The summed E-state index contributed by atoms with van der Waals surface area (Å²) in [6.45, 7) is 0.514. The second-order valence-electron chi connectivity index (χ2n) is 4.67. The maximum atomic E-state index is 10.9. The number of hydrogen-bond acceptors (Lipinski definition) is 5. The second-order valence-corrected chi connectivity index (χ2v) is 4.67. The summed E-state index contributed by atoms with van der Waals surface area (Å²) in [5, 5.41) is 22.7. The third-order valence-corrected chi connectivity index (χ3v) is 3.30. The minimum atomic E-state index is -0.493. The molecule has 0 aromatic heterocycles. The van der Waals surface area contributed by atoms with Crippen LogP contribution in [0, 0.1) is 21.4 Å². The molecule has 0 atom stereocenters. The van der Waals surface area contributed by atoms with Gasteiger partial charge in [-0.2, -0.15) is 5.26 Å². The van der Waals surface area contributed by atoms with Crippen LogP contribution in [0.1, 0.15) is 24.8 Å². The number of nitrogens with zero attached hydrogens (tertiary/aromatic N) is 2. The molecule has 0 unspecified atom stereocenters. The molecule has 1 aromatic carbocycles. The number of nitrogens with one attached hydrogen (secondary N) is 1. The van der Waals surface area contributed by atoms with E-state index in [1.165, 1.54) is 6.07 Å². The van der Waals surface area contributed by atoms with E-state index in [0.717, 1.165) is 19.3 Å². The number of nitro benzene ring substituents is 1. The van der Waals surface area contributed by atoms with Crippen molar-refractivity contribution in [3.63, 3.8) is 0 Å². The summed E-state index contributed by atoms with van der Waals surface area (Å²) in [6.07, 6.45) is 2.97. The van der Waals surface area contributed by atoms with Gasteiger partial charge in [0.15, 0.2) is 0 Å². The second kappa shape index (κ2) is 4.63. The lowest BCUT2D eigenvalue weighted by molar-refractivity contribution is -0.384. The zero-order valence-corrected chi connectivity index (χ0v) is 9.85. The molecule has 3 N–H and O–H groups in total. The summed E-state index contributed by atoms with van der Waals surface area (Å²) in [5.74, 6) is 0. The standard InChI is InChI=1S/C12H14N4O2/c13-7-9-2-3-10(11(6-9)16(17)18)15-8-12(14)4-1-5-12/h2-3,6,15H,1,4-5,8,14H2. The van der Waals surface area contributed by atoms with Gasteiger partial charge in [-0.25, -0.2) is 0 Å². The van der Waals surface area contributed by atoms with Crippen LogP contribution in [0.2, 0.25) is 0 Å². The Kier molecular flexibility index (Phi) is 3.17. The quantitative estimate of drug-likeness (QED) is 0.622. The first kappa shape index (κ1) is 12.3. The summed E-state index contributed by atoms with van der Waals surface area (Å²) < 4.78 is 0. The van der Waals surface area contributed by atoms with Crippen LogP contribution in [0.4, 0.5) is 11.4 Å². The van der Waals surface area contributed by atoms with Crippen molar-refractivity contribution in [3.05, 3.63) is 33.9 Å². The van der Waals surface area contributed by atoms with Gasteiger partial charge in [-0.15, -0.1) is 0 Å². The van der Waals surface area contributed by atoms with Gasteiger partial charge in [0.1, 0.15) is 5.69 Å². The van der Waals surface area contributed by atoms with Crippen LogP contribution in [-0.4, -0.2) is 17.0 Å². The Morgan fingerprint density at radius 3 is 2.78 bits per heavy atom. The molecule has 6 nitrogen and oxygen atoms in total. The van der Waals surface area contributed by atoms with Crippen molar-refractivity contribution >= 4 is 11.4 Å². The van der Waals surface area contributed by atoms with Crippen LogP contribution < -0.4 is 11.1 Å². The Labute approximate surface area is 105 Å². The molecular formula is C12H14N4O2. The van der Waals surface area contributed by atoms with Crippen molar-refractivity contribution in [3.8, 4) is 6.07 Å². The Bertz CT molecular complexity index is 517. The molecule has 6 heteroatoms. The third kappa shape index (κ3) is 2.41. The average molecular weight is 246 g/mol. The minimum Gasteiger partial charge on any atom is -0.378 e. The van der Waals surface area contributed by atoms with Gasteiger partial charge in [0.05, 0.1) is 16.6 Å². The molecule has 2 rings (SSSR count). The Balaban J connectivity index is 2.16. The summed E-state index contributed by atoms with van der Waals surface area (Å²) >= 11 is 0. The molecule has 0 aliphatic heterocycles. The molecule has 0 heterocycles. The van der Waals surface area contributed by atoms with Crippen LogP contribution >= 0.6 is 0 Å². The molecule has 0 spiro atoms. The van der Waals surface area contributed by atoms with E-state index in [1.54, 1.807) is 12.1 Å². The van der Waals surface area contributed by atoms with E-state index in [-0.39, 0.29) is 16.8 Å². The third-order valence-electron chi connectivity index (χ3n) is 3.30. The lowest BCUT2D eigenvalue weighted by Gasteiger charge is -2.38. The summed E-state index contributed by atoms with van der Waals surface area (Å²) in [6, 6.07) is 6.27. The van der Waals surface area contributed by atoms with Crippen LogP contribution in [0.5, 0.6) is 0 Å². The molecule has 0 bridgehead atoms. The zero-order chi connectivity index (χ0) is 13.2. The fraction of sp³-hybridized carbons (Fsp3) is 0.417. The highest BCUT2D eigenvalue weighted by molar-refractivity contribution is 5.64. The lowest BCUT2D eigenvalue weighted by atomic mass is 9.78. The van der Waals surface area contributed by atoms with E-state index in [4.69, 9.17) is 11.0 Å². The van der Waals surface area contributed by atoms with Crippen LogP contribution in [-0.2, 0) is 0 Å². The predicted octanol–water partition coefficient (Wildman–Crippen LogP) is 1.76. The Hall–Kier alpha value is -2.13. The Morgan fingerprint density at radius 1 is 1.56 bits per heavy atom. The van der Waals surface area contributed by atoms with Gasteiger partial charge >= 0.3 is 0 Å². The maximum absolute atomic E-state index is 10.9. The number of hydrogen-bond donors (Lipinski definition) is 2. The van der Waals surface area contributed by atoms with Gasteiger partial charge in [-0.1, -0.05) is 0 Å². The van der Waals surface area contributed by atoms with Crippen molar-refractivity contribution in [1.29, 1.82) is 5.26 Å². The van der Waals surface area contributed by atoms with Gasteiger partial charge in [0.25, 0.3) is 5.69 Å². The highest BCUT2D eigenvalue weighted by atomic mass is 16.6. The van der Waals surface area contributed by atoms with Gasteiger partial charge in [0.2, 0.25) is 0 Å². The maximum Gasteiger partial charge on any atom is 0.293 e. The fourth-order valence-corrected chi connectivity index (χ4v) is 1.98. The summed E-state index contributed by atoms with van der Waals surface area (Å²) in [7, 11) is 0. The summed E-state index contributed by atoms with van der Waals surface area (Å²) in [4.78, 5) is 10.4. The fourth-order valence-electron chi connectivity index (χ4n) is 1.98. The number of nitrogens with two attached hydrogens (primary N) is 1. The molecule has 18 heavy (non-hydrogen) atoms. The molecule has 1 aliphatic carbocycles. The number of rotatable bonds is 4. The largest absolute Gasteiger partial charge is 0.378 e. The van der Waals surface area contributed by atoms with Gasteiger partial charge < -0.3 is 11.1 Å². The van der Waals surface area contributed by atoms with E-state index in [9.17, 15) is 10.1 Å². The molecule has 0 amide bonds. The number of anilines is 1. The first-order chi connectivity index (χ1) is 8.54. The highest BCUT2D eigenvalue weighted by Crippen LogP contribution is 2.31. The topological polar surface area (TPSA) is 105 Å². The van der Waals surface area contributed by atoms with E-state index >= 15 is 0 Å². The molecule has 1 fully saturated rings. The first-order valence-electron chi connectivity index (χ1n) is 5.75. The van der Waals surface area contributed by atoms with E-state index in [2.05, 4.69) is 5.32 Å². The van der Waals surface area contributed by atoms with Crippen LogP contribution in [0.3, 0.4) is 0 Å². The van der Waals surface area contributed by atoms with Gasteiger partial charge in [-0.3, -0.25) is 10.1 Å². The normalized spacial score (nSPS) is 16.4.